The largest absolute Gasteiger partial charge is 0.477 e. The van der Waals surface area contributed by atoms with Crippen LogP contribution < -0.4 is 9.62 Å². The van der Waals surface area contributed by atoms with E-state index in [1.165, 1.54) is 17.1 Å². The Balaban J connectivity index is 1.31. The topological polar surface area (TPSA) is 117 Å². The van der Waals surface area contributed by atoms with E-state index in [1.807, 2.05) is 11.4 Å². The molecular formula is C24H31N5O4S2. The van der Waals surface area contributed by atoms with Crippen molar-refractivity contribution in [3.63, 3.8) is 0 Å². The van der Waals surface area contributed by atoms with Crippen molar-refractivity contribution in [3.05, 3.63) is 45.0 Å². The van der Waals surface area contributed by atoms with Gasteiger partial charge < -0.3 is 10.4 Å². The Hall–Kier alpha value is -2.50. The Morgan fingerprint density at radius 1 is 1.26 bits per heavy atom. The minimum atomic E-state index is -3.61. The first-order valence-corrected chi connectivity index (χ1v) is 14.7. The number of aryl methyl sites for hydroxylation is 2. The van der Waals surface area contributed by atoms with Gasteiger partial charge in [0, 0.05) is 34.8 Å². The van der Waals surface area contributed by atoms with Gasteiger partial charge in [0.2, 0.25) is 10.0 Å². The van der Waals surface area contributed by atoms with Gasteiger partial charge in [0.1, 0.15) is 4.88 Å². The maximum absolute atomic E-state index is 12.5. The van der Waals surface area contributed by atoms with Crippen molar-refractivity contribution in [3.8, 4) is 0 Å². The number of fused-ring (bicyclic) bond motifs is 1. The molecule has 188 valence electrons. The second-order valence-corrected chi connectivity index (χ2v) is 12.9. The fourth-order valence-corrected chi connectivity index (χ4v) is 7.00. The summed E-state index contributed by atoms with van der Waals surface area (Å²) in [4.78, 5) is 17.4. The van der Waals surface area contributed by atoms with Crippen LogP contribution in [0.1, 0.15) is 75.7 Å². The first-order valence-electron chi connectivity index (χ1n) is 12.0. The zero-order valence-electron chi connectivity index (χ0n) is 20.2. The Labute approximate surface area is 209 Å². The summed E-state index contributed by atoms with van der Waals surface area (Å²) < 4.78 is 28.2. The quantitative estimate of drug-likeness (QED) is 0.466. The van der Waals surface area contributed by atoms with E-state index in [0.717, 1.165) is 64.6 Å². The highest BCUT2D eigenvalue weighted by molar-refractivity contribution is 7.92. The van der Waals surface area contributed by atoms with Gasteiger partial charge in [0.25, 0.3) is 0 Å². The molecule has 9 nitrogen and oxygen atoms in total. The molecule has 2 aliphatic rings. The molecule has 3 aromatic rings. The lowest BCUT2D eigenvalue weighted by molar-refractivity contribution is 0.0703. The number of nitrogens with one attached hydrogen (secondary N) is 1. The van der Waals surface area contributed by atoms with E-state index in [2.05, 4.69) is 17.4 Å². The second kappa shape index (κ2) is 9.18. The molecule has 3 atom stereocenters. The minimum absolute atomic E-state index is 0.0620. The maximum Gasteiger partial charge on any atom is 0.348 e. The molecule has 2 unspecified atom stereocenters. The van der Waals surface area contributed by atoms with Crippen LogP contribution in [0.4, 0.5) is 5.69 Å². The maximum atomic E-state index is 12.5. The third-order valence-electron chi connectivity index (χ3n) is 7.02. The van der Waals surface area contributed by atoms with E-state index in [9.17, 15) is 18.3 Å². The van der Waals surface area contributed by atoms with E-state index in [-0.39, 0.29) is 29.1 Å². The third-order valence-corrected chi connectivity index (χ3v) is 9.22. The zero-order valence-corrected chi connectivity index (χ0v) is 21.8. The molecule has 4 heterocycles. The van der Waals surface area contributed by atoms with E-state index in [1.54, 1.807) is 13.0 Å². The summed E-state index contributed by atoms with van der Waals surface area (Å²) in [6.45, 7) is 5.10. The van der Waals surface area contributed by atoms with E-state index < -0.39 is 16.0 Å². The van der Waals surface area contributed by atoms with Crippen LogP contribution in [0.5, 0.6) is 0 Å². The highest BCUT2D eigenvalue weighted by Crippen LogP contribution is 2.49. The van der Waals surface area contributed by atoms with Crippen LogP contribution in [0.2, 0.25) is 0 Å². The number of aromatic carboxylic acids is 1. The normalized spacial score (nSPS) is 22.4. The van der Waals surface area contributed by atoms with Gasteiger partial charge in [0.05, 0.1) is 23.7 Å². The molecule has 1 aliphatic heterocycles. The molecule has 1 saturated heterocycles. The lowest BCUT2D eigenvalue weighted by Gasteiger charge is -2.22. The smallest absolute Gasteiger partial charge is 0.348 e. The number of anilines is 1. The number of piperidine rings is 1. The number of carbonyl (C=O) groups is 1. The van der Waals surface area contributed by atoms with Gasteiger partial charge in [0.15, 0.2) is 5.65 Å². The average Bonchev–Trinajstić information content (AvgIpc) is 3.26. The Bertz CT molecular complexity index is 1370. The number of nitrogens with zero attached hydrogens (tertiary/aromatic N) is 4. The Morgan fingerprint density at radius 2 is 2.06 bits per heavy atom. The molecule has 1 aliphatic carbocycles. The number of hydrogen-bond donors (Lipinski definition) is 2. The lowest BCUT2D eigenvalue weighted by Crippen LogP contribution is -2.32. The summed E-state index contributed by atoms with van der Waals surface area (Å²) >= 11 is 1.10. The van der Waals surface area contributed by atoms with E-state index >= 15 is 0 Å². The molecule has 0 aromatic carbocycles. The molecule has 0 bridgehead atoms. The molecule has 5 rings (SSSR count). The summed E-state index contributed by atoms with van der Waals surface area (Å²) in [5.74, 6) is -0.522. The fourth-order valence-electron chi connectivity index (χ4n) is 5.15. The summed E-state index contributed by atoms with van der Waals surface area (Å²) in [5, 5.41) is 17.9. The summed E-state index contributed by atoms with van der Waals surface area (Å²) in [6, 6.07) is 6.09. The average molecular weight is 518 g/mol. The summed E-state index contributed by atoms with van der Waals surface area (Å²) in [6.07, 6.45) is 6.22. The van der Waals surface area contributed by atoms with E-state index in [4.69, 9.17) is 10.1 Å². The standard InChI is InChI=1S/C24H31N5O4S2/c1-14-10-19(26-22-13-20(27-29(14)22)18-6-4-5-8-25-18)17-12-16(17)7-9-28(35(3,32)33)21-11-15(2)34-23(21)24(30)31/h10-11,13,16-18,25H,4-9,12H2,1-3H3,(H,30,31)/t16?,17?,18-/m0/s1. The molecule has 0 radical (unpaired) electrons. The van der Waals surface area contributed by atoms with Crippen LogP contribution in [0.3, 0.4) is 0 Å². The number of carboxylic acid groups (broad SMARTS) is 1. The summed E-state index contributed by atoms with van der Waals surface area (Å²) in [5.41, 5.74) is 4.21. The lowest BCUT2D eigenvalue weighted by atomic mass is 10.0. The van der Waals surface area contributed by atoms with Crippen molar-refractivity contribution < 1.29 is 18.3 Å². The fraction of sp³-hybridized carbons (Fsp3) is 0.542. The van der Waals surface area contributed by atoms with Gasteiger partial charge in [-0.05, 0) is 64.1 Å². The number of hydrogen-bond acceptors (Lipinski definition) is 7. The Kier molecular flexibility index (Phi) is 6.35. The first kappa shape index (κ1) is 24.2. The van der Waals surface area contributed by atoms with Crippen molar-refractivity contribution in [2.75, 3.05) is 23.7 Å². The molecule has 3 aromatic heterocycles. The summed E-state index contributed by atoms with van der Waals surface area (Å²) in [7, 11) is -3.61. The molecular weight excluding hydrogens is 486 g/mol. The number of thiophene rings is 1. The van der Waals surface area contributed by atoms with Crippen molar-refractivity contribution >= 4 is 38.7 Å². The van der Waals surface area contributed by atoms with Crippen molar-refractivity contribution in [1.82, 2.24) is 19.9 Å². The SMILES string of the molecule is Cc1cc(N(CCC2CC2c2cc(C)n3nc([C@@H]4CCCCN4)cc3n2)S(C)(=O)=O)c(C(=O)O)s1. The third kappa shape index (κ3) is 4.94. The number of carboxylic acids is 1. The Morgan fingerprint density at radius 3 is 2.74 bits per heavy atom. The van der Waals surface area contributed by atoms with Gasteiger partial charge in [-0.2, -0.15) is 5.10 Å². The minimum Gasteiger partial charge on any atom is -0.477 e. The predicted octanol–water partition coefficient (Wildman–Crippen LogP) is 3.88. The number of rotatable bonds is 8. The van der Waals surface area contributed by atoms with Gasteiger partial charge in [-0.15, -0.1) is 11.3 Å². The molecule has 35 heavy (non-hydrogen) atoms. The van der Waals surface area contributed by atoms with Gasteiger partial charge >= 0.3 is 5.97 Å². The molecule has 0 amide bonds. The van der Waals surface area contributed by atoms with Crippen LogP contribution in [-0.4, -0.2) is 53.4 Å². The van der Waals surface area contributed by atoms with Crippen molar-refractivity contribution in [2.24, 2.45) is 5.92 Å². The molecule has 0 spiro atoms. The van der Waals surface area contributed by atoms with Crippen molar-refractivity contribution in [1.29, 1.82) is 0 Å². The molecule has 11 heteroatoms. The predicted molar refractivity (Wildman–Crippen MR) is 136 cm³/mol. The molecule has 2 fully saturated rings. The van der Waals surface area contributed by atoms with E-state index in [0.29, 0.717) is 12.3 Å². The van der Waals surface area contributed by atoms with Gasteiger partial charge in [-0.25, -0.2) is 22.7 Å². The van der Waals surface area contributed by atoms with Crippen LogP contribution in [0, 0.1) is 19.8 Å². The van der Waals surface area contributed by atoms with Crippen LogP contribution in [0.25, 0.3) is 5.65 Å². The monoisotopic (exact) mass is 517 g/mol. The molecule has 2 N–H and O–H groups in total. The van der Waals surface area contributed by atoms with Crippen molar-refractivity contribution in [2.45, 2.75) is 57.9 Å². The van der Waals surface area contributed by atoms with Crippen LogP contribution >= 0.6 is 11.3 Å². The van der Waals surface area contributed by atoms with Gasteiger partial charge in [-0.3, -0.25) is 4.31 Å². The highest BCUT2D eigenvalue weighted by atomic mass is 32.2. The van der Waals surface area contributed by atoms with Crippen LogP contribution in [0.15, 0.2) is 18.2 Å². The number of aromatic nitrogens is 3. The second-order valence-electron chi connectivity index (χ2n) is 9.77. The highest BCUT2D eigenvalue weighted by Gasteiger charge is 2.40. The number of sulfonamides is 1. The van der Waals surface area contributed by atoms with Gasteiger partial charge in [-0.1, -0.05) is 6.42 Å². The first-order chi connectivity index (χ1) is 16.6. The molecule has 1 saturated carbocycles. The van der Waals surface area contributed by atoms with Crippen LogP contribution in [-0.2, 0) is 10.0 Å². The zero-order chi connectivity index (χ0) is 24.9.